The van der Waals surface area contributed by atoms with E-state index < -0.39 is 0 Å². The van der Waals surface area contributed by atoms with Gasteiger partial charge in [0.25, 0.3) is 0 Å². The van der Waals surface area contributed by atoms with Crippen molar-refractivity contribution in [2.75, 3.05) is 5.32 Å². The van der Waals surface area contributed by atoms with Crippen LogP contribution in [0.1, 0.15) is 40.0 Å². The minimum absolute atomic E-state index is 0.0359. The Morgan fingerprint density at radius 1 is 1.05 bits per heavy atom. The molecule has 1 fully saturated rings. The first-order valence-corrected chi connectivity index (χ1v) is 6.64. The molecular weight excluding hydrogens is 254 g/mol. The highest BCUT2D eigenvalue weighted by Gasteiger charge is 2.31. The van der Waals surface area contributed by atoms with Crippen LogP contribution in [0.25, 0.3) is 0 Å². The van der Waals surface area contributed by atoms with Crippen LogP contribution in [0.15, 0.2) is 30.3 Å². The van der Waals surface area contributed by atoms with E-state index in [2.05, 4.69) is 5.32 Å². The summed E-state index contributed by atoms with van der Waals surface area (Å²) in [5.74, 6) is 0.161. The van der Waals surface area contributed by atoms with Crippen LogP contribution in [-0.4, -0.2) is 17.5 Å². The molecule has 20 heavy (non-hydrogen) atoms. The Bertz CT molecular complexity index is 474. The van der Waals surface area contributed by atoms with Crippen LogP contribution in [0.4, 0.5) is 5.69 Å². The first-order valence-electron chi connectivity index (χ1n) is 6.64. The van der Waals surface area contributed by atoms with Gasteiger partial charge >= 0.3 is 0 Å². The summed E-state index contributed by atoms with van der Waals surface area (Å²) in [5.41, 5.74) is 0.766. The molecule has 108 valence electrons. The van der Waals surface area contributed by atoms with Crippen LogP contribution in [0.5, 0.6) is 0 Å². The second kappa shape index (κ2) is 6.98. The van der Waals surface area contributed by atoms with E-state index in [9.17, 15) is 14.4 Å². The lowest BCUT2D eigenvalue weighted by Crippen LogP contribution is -2.28. The van der Waals surface area contributed by atoms with Gasteiger partial charge in [0.15, 0.2) is 0 Å². The molecule has 2 rings (SSSR count). The number of hydrogen-bond acceptors (Lipinski definition) is 3. The van der Waals surface area contributed by atoms with E-state index in [0.29, 0.717) is 12.8 Å². The predicted molar refractivity (Wildman–Crippen MR) is 78.4 cm³/mol. The van der Waals surface area contributed by atoms with Gasteiger partial charge in [0.2, 0.25) is 5.91 Å². The number of ketones is 2. The Morgan fingerprint density at radius 2 is 1.55 bits per heavy atom. The monoisotopic (exact) mass is 275 g/mol. The molecule has 0 atom stereocenters. The predicted octanol–water partition coefficient (Wildman–Crippen LogP) is 2.98. The Kier molecular flexibility index (Phi) is 5.62. The van der Waals surface area contributed by atoms with E-state index >= 15 is 0 Å². The number of rotatable bonds is 1. The highest BCUT2D eigenvalue weighted by molar-refractivity contribution is 6.01. The maximum Gasteiger partial charge on any atom is 0.221 e. The third-order valence-corrected chi connectivity index (χ3v) is 2.84. The first kappa shape index (κ1) is 16.1. The van der Waals surface area contributed by atoms with Crippen LogP contribution >= 0.6 is 0 Å². The van der Waals surface area contributed by atoms with Crippen molar-refractivity contribution in [1.82, 2.24) is 0 Å². The fourth-order valence-electron chi connectivity index (χ4n) is 2.20. The molecule has 4 nitrogen and oxygen atoms in total. The SMILES string of the molecule is CC(=O)Nc1ccccc1.CC1(C)CC(=O)CC(=O)C1. The topological polar surface area (TPSA) is 63.2 Å². The number of carbonyl (C=O) groups excluding carboxylic acids is 3. The quantitative estimate of drug-likeness (QED) is 0.801. The van der Waals surface area contributed by atoms with Gasteiger partial charge in [-0.3, -0.25) is 14.4 Å². The molecule has 1 N–H and O–H groups in total. The third-order valence-electron chi connectivity index (χ3n) is 2.84. The lowest BCUT2D eigenvalue weighted by Gasteiger charge is -2.26. The summed E-state index contributed by atoms with van der Waals surface area (Å²) < 4.78 is 0. The second-order valence-electron chi connectivity index (χ2n) is 5.82. The number of anilines is 1. The van der Waals surface area contributed by atoms with E-state index in [1.807, 2.05) is 44.2 Å². The van der Waals surface area contributed by atoms with Crippen LogP contribution in [0.2, 0.25) is 0 Å². The fraction of sp³-hybridized carbons (Fsp3) is 0.438. The highest BCUT2D eigenvalue weighted by Crippen LogP contribution is 2.30. The number of amides is 1. The Morgan fingerprint density at radius 3 is 1.95 bits per heavy atom. The van der Waals surface area contributed by atoms with Crippen molar-refractivity contribution in [3.8, 4) is 0 Å². The molecule has 0 radical (unpaired) electrons. The summed E-state index contributed by atoms with van der Waals surface area (Å²) in [6.45, 7) is 5.41. The van der Waals surface area contributed by atoms with E-state index in [0.717, 1.165) is 5.69 Å². The van der Waals surface area contributed by atoms with Crippen LogP contribution < -0.4 is 5.32 Å². The van der Waals surface area contributed by atoms with Crippen molar-refractivity contribution in [1.29, 1.82) is 0 Å². The molecule has 0 aliphatic heterocycles. The van der Waals surface area contributed by atoms with E-state index in [1.54, 1.807) is 0 Å². The molecule has 0 bridgehead atoms. The molecular formula is C16H21NO3. The van der Waals surface area contributed by atoms with Gasteiger partial charge in [-0.15, -0.1) is 0 Å². The molecule has 1 aliphatic rings. The lowest BCUT2D eigenvalue weighted by atomic mass is 9.76. The number of hydrogen-bond donors (Lipinski definition) is 1. The lowest BCUT2D eigenvalue weighted by molar-refractivity contribution is -0.133. The fourth-order valence-corrected chi connectivity index (χ4v) is 2.20. The number of benzene rings is 1. The Hall–Kier alpha value is -1.97. The number of carbonyl (C=O) groups is 3. The van der Waals surface area contributed by atoms with Crippen molar-refractivity contribution in [2.24, 2.45) is 5.41 Å². The molecule has 0 spiro atoms. The molecule has 0 unspecified atom stereocenters. The van der Waals surface area contributed by atoms with E-state index in [4.69, 9.17) is 0 Å². The van der Waals surface area contributed by atoms with Gasteiger partial charge < -0.3 is 5.32 Å². The zero-order valence-corrected chi connectivity index (χ0v) is 12.2. The molecule has 0 saturated heterocycles. The largest absolute Gasteiger partial charge is 0.326 e. The zero-order valence-electron chi connectivity index (χ0n) is 12.2. The minimum Gasteiger partial charge on any atom is -0.326 e. The molecule has 1 aliphatic carbocycles. The normalized spacial score (nSPS) is 16.9. The van der Waals surface area contributed by atoms with Crippen LogP contribution in [0, 0.1) is 5.41 Å². The van der Waals surface area contributed by atoms with Crippen molar-refractivity contribution in [2.45, 2.75) is 40.0 Å². The molecule has 1 saturated carbocycles. The maximum atomic E-state index is 10.9. The summed E-state index contributed by atoms with van der Waals surface area (Å²) >= 11 is 0. The smallest absolute Gasteiger partial charge is 0.221 e. The molecule has 1 amide bonds. The van der Waals surface area contributed by atoms with Crippen LogP contribution in [0.3, 0.4) is 0 Å². The van der Waals surface area contributed by atoms with Crippen molar-refractivity contribution >= 4 is 23.2 Å². The van der Waals surface area contributed by atoms with Crippen LogP contribution in [-0.2, 0) is 14.4 Å². The van der Waals surface area contributed by atoms with Gasteiger partial charge in [-0.2, -0.15) is 0 Å². The molecule has 0 aromatic heterocycles. The molecule has 0 heterocycles. The third kappa shape index (κ3) is 6.27. The summed E-state index contributed by atoms with van der Waals surface area (Å²) in [4.78, 5) is 32.2. The van der Waals surface area contributed by atoms with Gasteiger partial charge in [-0.1, -0.05) is 32.0 Å². The zero-order chi connectivity index (χ0) is 15.2. The minimum atomic E-state index is -0.0770. The van der Waals surface area contributed by atoms with Crippen molar-refractivity contribution in [3.05, 3.63) is 30.3 Å². The second-order valence-corrected chi connectivity index (χ2v) is 5.82. The molecule has 1 aromatic rings. The van der Waals surface area contributed by atoms with E-state index in [1.165, 1.54) is 6.92 Å². The van der Waals surface area contributed by atoms with Gasteiger partial charge in [-0.25, -0.2) is 0 Å². The Balaban J connectivity index is 0.000000200. The first-order chi connectivity index (χ1) is 9.28. The highest BCUT2D eigenvalue weighted by atomic mass is 16.2. The van der Waals surface area contributed by atoms with Crippen molar-refractivity contribution < 1.29 is 14.4 Å². The average molecular weight is 275 g/mol. The standard InChI is InChI=1S/C8H9NO.C8H12O2/c1-7(10)9-8-5-3-2-4-6-8;1-8(2)4-6(9)3-7(10)5-8/h2-6H,1H3,(H,9,10);3-5H2,1-2H3. The van der Waals surface area contributed by atoms with Gasteiger partial charge in [-0.05, 0) is 17.5 Å². The van der Waals surface area contributed by atoms with Gasteiger partial charge in [0, 0.05) is 25.5 Å². The molecule has 1 aromatic carbocycles. The molecule has 4 heteroatoms. The number of para-hydroxylation sites is 1. The Labute approximate surface area is 119 Å². The van der Waals surface area contributed by atoms with Crippen molar-refractivity contribution in [3.63, 3.8) is 0 Å². The average Bonchev–Trinajstić information content (AvgIpc) is 2.26. The summed E-state index contributed by atoms with van der Waals surface area (Å²) in [6, 6.07) is 9.37. The maximum absolute atomic E-state index is 10.9. The summed E-state index contributed by atoms with van der Waals surface area (Å²) in [7, 11) is 0. The number of Topliss-reactive ketones (excluding diaryl/α,β-unsaturated/α-hetero) is 2. The summed E-state index contributed by atoms with van der Waals surface area (Å²) in [6.07, 6.45) is 1.31. The van der Waals surface area contributed by atoms with E-state index in [-0.39, 0.29) is 29.3 Å². The van der Waals surface area contributed by atoms with Gasteiger partial charge in [0.05, 0.1) is 6.42 Å². The number of nitrogens with one attached hydrogen (secondary N) is 1. The summed E-state index contributed by atoms with van der Waals surface area (Å²) in [5, 5.41) is 2.67. The van der Waals surface area contributed by atoms with Gasteiger partial charge in [0.1, 0.15) is 11.6 Å².